The van der Waals surface area contributed by atoms with Crippen LogP contribution in [0.25, 0.3) is 6.08 Å². The van der Waals surface area contributed by atoms with E-state index in [0.717, 1.165) is 0 Å². The van der Waals surface area contributed by atoms with E-state index >= 15 is 0 Å². The minimum atomic E-state index is -0.539. The Morgan fingerprint density at radius 1 is 1.23 bits per heavy atom. The number of halogens is 1. The fraction of sp³-hybridized carbons (Fsp3) is 0.100. The molecule has 0 unspecified atom stereocenters. The maximum Gasteiger partial charge on any atom is 0.344 e. The number of benzene rings is 2. The van der Waals surface area contributed by atoms with E-state index < -0.39 is 11.8 Å². The number of esters is 1. The van der Waals surface area contributed by atoms with Gasteiger partial charge in [0.05, 0.1) is 5.56 Å². The molecular weight excluding hydrogens is 339 g/mol. The van der Waals surface area contributed by atoms with Gasteiger partial charge in [-0.05, 0) is 24.3 Å². The molecule has 26 heavy (non-hydrogen) atoms. The molecule has 1 aliphatic rings. The first-order chi connectivity index (χ1) is 12.6. The van der Waals surface area contributed by atoms with Gasteiger partial charge in [-0.1, -0.05) is 30.9 Å². The molecular formula is C20H15FO5. The summed E-state index contributed by atoms with van der Waals surface area (Å²) >= 11 is 0. The highest BCUT2D eigenvalue weighted by molar-refractivity contribution is 6.14. The molecule has 1 heterocycles. The van der Waals surface area contributed by atoms with Gasteiger partial charge in [0.2, 0.25) is 5.78 Å². The Labute approximate surface area is 149 Å². The second kappa shape index (κ2) is 7.65. The molecule has 2 aromatic carbocycles. The van der Waals surface area contributed by atoms with Crippen molar-refractivity contribution >= 4 is 17.8 Å². The van der Waals surface area contributed by atoms with Crippen LogP contribution < -0.4 is 9.47 Å². The van der Waals surface area contributed by atoms with Gasteiger partial charge >= 0.3 is 5.97 Å². The van der Waals surface area contributed by atoms with Gasteiger partial charge in [0.1, 0.15) is 23.9 Å². The molecule has 132 valence electrons. The number of rotatable bonds is 6. The molecule has 0 saturated heterocycles. The molecule has 5 nitrogen and oxygen atoms in total. The van der Waals surface area contributed by atoms with Crippen molar-refractivity contribution < 1.29 is 28.2 Å². The summed E-state index contributed by atoms with van der Waals surface area (Å²) in [4.78, 5) is 23.8. The lowest BCUT2D eigenvalue weighted by Crippen LogP contribution is -2.14. The standard InChI is InChI=1S/C20H15FO5/c1-2-9-24-19(22)12-25-14-7-8-15-17(11-14)26-18(20(15)23)10-13-5-3-4-6-16(13)21/h2-8,10-11H,1,9,12H2/b18-10-. The van der Waals surface area contributed by atoms with E-state index in [1.807, 2.05) is 0 Å². The summed E-state index contributed by atoms with van der Waals surface area (Å²) in [6.45, 7) is 3.27. The van der Waals surface area contributed by atoms with E-state index in [0.29, 0.717) is 11.3 Å². The molecule has 0 spiro atoms. The van der Waals surface area contributed by atoms with Crippen LogP contribution in [0.1, 0.15) is 15.9 Å². The Hall–Kier alpha value is -3.41. The normalized spacial score (nSPS) is 13.9. The Morgan fingerprint density at radius 3 is 2.81 bits per heavy atom. The Bertz CT molecular complexity index is 901. The number of fused-ring (bicyclic) bond motifs is 1. The molecule has 0 N–H and O–H groups in total. The van der Waals surface area contributed by atoms with Gasteiger partial charge in [-0.15, -0.1) is 0 Å². The molecule has 0 radical (unpaired) electrons. The van der Waals surface area contributed by atoms with Gasteiger partial charge in [-0.3, -0.25) is 4.79 Å². The van der Waals surface area contributed by atoms with Crippen LogP contribution in [0.2, 0.25) is 0 Å². The number of carbonyl (C=O) groups is 2. The highest BCUT2D eigenvalue weighted by Crippen LogP contribution is 2.35. The van der Waals surface area contributed by atoms with Crippen molar-refractivity contribution in [2.45, 2.75) is 0 Å². The molecule has 0 aliphatic carbocycles. The van der Waals surface area contributed by atoms with Crippen LogP contribution in [0.3, 0.4) is 0 Å². The van der Waals surface area contributed by atoms with Crippen molar-refractivity contribution in [1.82, 2.24) is 0 Å². The van der Waals surface area contributed by atoms with Crippen LogP contribution in [-0.2, 0) is 9.53 Å². The number of hydrogen-bond acceptors (Lipinski definition) is 5. The summed E-state index contributed by atoms with van der Waals surface area (Å²) < 4.78 is 29.4. The number of ether oxygens (including phenoxy) is 3. The van der Waals surface area contributed by atoms with Crippen LogP contribution in [0, 0.1) is 5.82 Å². The number of allylic oxidation sites excluding steroid dienone is 1. The smallest absolute Gasteiger partial charge is 0.344 e. The van der Waals surface area contributed by atoms with Crippen LogP contribution in [-0.4, -0.2) is 25.0 Å². The fourth-order valence-corrected chi connectivity index (χ4v) is 2.33. The molecule has 1 aliphatic heterocycles. The monoisotopic (exact) mass is 354 g/mol. The molecule has 2 aromatic rings. The Kier molecular flexibility index (Phi) is 5.12. The minimum absolute atomic E-state index is 0.0210. The molecule has 0 aromatic heterocycles. The topological polar surface area (TPSA) is 61.8 Å². The maximum atomic E-state index is 13.7. The van der Waals surface area contributed by atoms with Gasteiger partial charge < -0.3 is 14.2 Å². The first kappa shape index (κ1) is 17.4. The quantitative estimate of drug-likeness (QED) is 0.451. The summed E-state index contributed by atoms with van der Waals surface area (Å²) in [5.41, 5.74) is 0.597. The summed E-state index contributed by atoms with van der Waals surface area (Å²) in [5, 5.41) is 0. The van der Waals surface area contributed by atoms with Crippen LogP contribution in [0.4, 0.5) is 4.39 Å². The predicted octanol–water partition coefficient (Wildman–Crippen LogP) is 3.55. The Balaban J connectivity index is 1.73. The number of hydrogen-bond donors (Lipinski definition) is 0. The van der Waals surface area contributed by atoms with Crippen molar-refractivity contribution in [3.8, 4) is 11.5 Å². The van der Waals surface area contributed by atoms with Crippen LogP contribution >= 0.6 is 0 Å². The third-order valence-electron chi connectivity index (χ3n) is 3.55. The molecule has 0 amide bonds. The highest BCUT2D eigenvalue weighted by atomic mass is 19.1. The largest absolute Gasteiger partial charge is 0.482 e. The SMILES string of the molecule is C=CCOC(=O)COc1ccc2c(c1)O/C(=C\c1ccccc1F)C2=O. The molecule has 6 heteroatoms. The molecule has 0 bridgehead atoms. The summed E-state index contributed by atoms with van der Waals surface area (Å²) in [6, 6.07) is 10.7. The first-order valence-corrected chi connectivity index (χ1v) is 7.80. The number of carbonyl (C=O) groups excluding carboxylic acids is 2. The van der Waals surface area contributed by atoms with Gasteiger partial charge in [0.15, 0.2) is 12.4 Å². The van der Waals surface area contributed by atoms with E-state index in [9.17, 15) is 14.0 Å². The number of Topliss-reactive ketones (excluding diaryl/α,β-unsaturated/α-hetero) is 1. The molecule has 3 rings (SSSR count). The second-order valence-electron chi connectivity index (χ2n) is 5.38. The second-order valence-corrected chi connectivity index (χ2v) is 5.38. The average Bonchev–Trinajstić information content (AvgIpc) is 2.95. The lowest BCUT2D eigenvalue weighted by Gasteiger charge is -2.06. The van der Waals surface area contributed by atoms with E-state index in [4.69, 9.17) is 14.2 Å². The molecule has 0 fully saturated rings. The minimum Gasteiger partial charge on any atom is -0.482 e. The van der Waals surface area contributed by atoms with Crippen molar-refractivity contribution in [2.24, 2.45) is 0 Å². The van der Waals surface area contributed by atoms with Crippen molar-refractivity contribution in [3.05, 3.63) is 77.8 Å². The van der Waals surface area contributed by atoms with E-state index in [1.165, 1.54) is 30.4 Å². The highest BCUT2D eigenvalue weighted by Gasteiger charge is 2.28. The van der Waals surface area contributed by atoms with Gasteiger partial charge in [-0.2, -0.15) is 0 Å². The zero-order valence-corrected chi connectivity index (χ0v) is 13.7. The number of ketones is 1. The van der Waals surface area contributed by atoms with E-state index in [-0.39, 0.29) is 36.1 Å². The first-order valence-electron chi connectivity index (χ1n) is 7.80. The molecule has 0 atom stereocenters. The Morgan fingerprint density at radius 2 is 2.04 bits per heavy atom. The van der Waals surface area contributed by atoms with Crippen molar-refractivity contribution in [3.63, 3.8) is 0 Å². The zero-order valence-electron chi connectivity index (χ0n) is 13.7. The summed E-state index contributed by atoms with van der Waals surface area (Å²) in [7, 11) is 0. The van der Waals surface area contributed by atoms with Crippen LogP contribution in [0.15, 0.2) is 60.9 Å². The maximum absolute atomic E-state index is 13.7. The van der Waals surface area contributed by atoms with Gasteiger partial charge in [0.25, 0.3) is 0 Å². The van der Waals surface area contributed by atoms with Gasteiger partial charge in [-0.25, -0.2) is 9.18 Å². The third-order valence-corrected chi connectivity index (χ3v) is 3.55. The summed E-state index contributed by atoms with van der Waals surface area (Å²) in [6.07, 6.45) is 2.81. The van der Waals surface area contributed by atoms with Gasteiger partial charge in [0, 0.05) is 11.6 Å². The average molecular weight is 354 g/mol. The predicted molar refractivity (Wildman–Crippen MR) is 92.4 cm³/mol. The lowest BCUT2D eigenvalue weighted by molar-refractivity contribution is -0.144. The fourth-order valence-electron chi connectivity index (χ4n) is 2.33. The molecule has 0 saturated carbocycles. The summed E-state index contributed by atoms with van der Waals surface area (Å²) in [5.74, 6) is -0.682. The zero-order chi connectivity index (χ0) is 18.5. The van der Waals surface area contributed by atoms with E-state index in [2.05, 4.69) is 6.58 Å². The van der Waals surface area contributed by atoms with Crippen molar-refractivity contribution in [1.29, 1.82) is 0 Å². The van der Waals surface area contributed by atoms with Crippen LogP contribution in [0.5, 0.6) is 11.5 Å². The lowest BCUT2D eigenvalue weighted by atomic mass is 10.1. The third kappa shape index (κ3) is 3.80. The van der Waals surface area contributed by atoms with Crippen molar-refractivity contribution in [2.75, 3.05) is 13.2 Å². The van der Waals surface area contributed by atoms with E-state index in [1.54, 1.807) is 24.3 Å².